The smallest absolute Gasteiger partial charge is 0.383 e. The summed E-state index contributed by atoms with van der Waals surface area (Å²) in [5.74, 6) is 0. The van der Waals surface area contributed by atoms with E-state index in [4.69, 9.17) is 10.00 Å². The maximum absolute atomic E-state index is 12.7. The van der Waals surface area contributed by atoms with Crippen molar-refractivity contribution in [2.24, 2.45) is 0 Å². The second-order valence-corrected chi connectivity index (χ2v) is 3.91. The molecule has 0 aliphatic rings. The van der Waals surface area contributed by atoms with E-state index in [1.165, 1.54) is 6.07 Å². The van der Waals surface area contributed by atoms with E-state index in [0.717, 1.165) is 18.6 Å². The number of nitriles is 1. The maximum atomic E-state index is 12.7. The monoisotopic (exact) mass is 272 g/mol. The van der Waals surface area contributed by atoms with Gasteiger partial charge in [-0.2, -0.15) is 18.4 Å². The lowest BCUT2D eigenvalue weighted by Crippen LogP contribution is -2.12. The van der Waals surface area contributed by atoms with Crippen LogP contribution in [0.4, 0.5) is 18.9 Å². The van der Waals surface area contributed by atoms with Crippen molar-refractivity contribution in [1.82, 2.24) is 0 Å². The summed E-state index contributed by atoms with van der Waals surface area (Å²) in [5.41, 5.74) is -0.971. The minimum absolute atomic E-state index is 0.325. The fourth-order valence-electron chi connectivity index (χ4n) is 1.50. The van der Waals surface area contributed by atoms with Gasteiger partial charge in [0.1, 0.15) is 0 Å². The first-order valence-electron chi connectivity index (χ1n) is 5.92. The average Bonchev–Trinajstić information content (AvgIpc) is 2.37. The van der Waals surface area contributed by atoms with Crippen molar-refractivity contribution in [1.29, 1.82) is 5.26 Å². The van der Waals surface area contributed by atoms with Crippen molar-refractivity contribution in [2.45, 2.75) is 19.5 Å². The molecule has 0 spiro atoms. The molecule has 0 amide bonds. The first-order valence-corrected chi connectivity index (χ1v) is 5.92. The zero-order valence-corrected chi connectivity index (χ0v) is 10.5. The first-order chi connectivity index (χ1) is 8.99. The molecule has 1 aromatic carbocycles. The van der Waals surface area contributed by atoms with Crippen LogP contribution in [0.2, 0.25) is 0 Å². The molecule has 104 valence electrons. The highest BCUT2D eigenvalue weighted by atomic mass is 19.4. The number of hydrogen-bond donors (Lipinski definition) is 1. The molecule has 1 rings (SSSR count). The number of anilines is 1. The number of nitrogens with one attached hydrogen (secondary N) is 1. The van der Waals surface area contributed by atoms with E-state index in [9.17, 15) is 13.2 Å². The molecule has 0 bridgehead atoms. The van der Waals surface area contributed by atoms with Gasteiger partial charge >= 0.3 is 6.18 Å². The van der Waals surface area contributed by atoms with Gasteiger partial charge in [0.05, 0.1) is 23.8 Å². The molecule has 0 aliphatic carbocycles. The Kier molecular flexibility index (Phi) is 5.64. The van der Waals surface area contributed by atoms with Crippen LogP contribution in [-0.2, 0) is 10.9 Å². The van der Waals surface area contributed by atoms with Crippen LogP contribution in [0.1, 0.15) is 24.5 Å². The Labute approximate surface area is 110 Å². The Morgan fingerprint density at radius 2 is 2.05 bits per heavy atom. The Hall–Kier alpha value is -1.74. The second kappa shape index (κ2) is 7.00. The number of hydrogen-bond acceptors (Lipinski definition) is 3. The number of nitrogens with zero attached hydrogens (tertiary/aromatic N) is 1. The molecule has 0 saturated carbocycles. The molecule has 3 nitrogen and oxygen atoms in total. The molecule has 0 fully saturated rings. The summed E-state index contributed by atoms with van der Waals surface area (Å²) in [7, 11) is 0. The van der Waals surface area contributed by atoms with Gasteiger partial charge in [0, 0.05) is 18.8 Å². The largest absolute Gasteiger partial charge is 0.417 e. The van der Waals surface area contributed by atoms with Crippen LogP contribution < -0.4 is 5.32 Å². The van der Waals surface area contributed by atoms with Gasteiger partial charge in [-0.3, -0.25) is 0 Å². The lowest BCUT2D eigenvalue weighted by atomic mass is 10.1. The van der Waals surface area contributed by atoms with Crippen LogP contribution in [0.3, 0.4) is 0 Å². The molecule has 0 aliphatic heterocycles. The van der Waals surface area contributed by atoms with E-state index in [2.05, 4.69) is 5.32 Å². The van der Waals surface area contributed by atoms with Gasteiger partial charge < -0.3 is 10.1 Å². The summed E-state index contributed by atoms with van der Waals surface area (Å²) >= 11 is 0. The number of ether oxygens (including phenoxy) is 1. The predicted molar refractivity (Wildman–Crippen MR) is 65.8 cm³/mol. The third kappa shape index (κ3) is 4.79. The summed E-state index contributed by atoms with van der Waals surface area (Å²) in [4.78, 5) is 0. The van der Waals surface area contributed by atoms with Crippen molar-refractivity contribution in [3.05, 3.63) is 29.3 Å². The number of alkyl halides is 3. The van der Waals surface area contributed by atoms with E-state index < -0.39 is 11.7 Å². The zero-order chi connectivity index (χ0) is 14.3. The number of halogens is 3. The van der Waals surface area contributed by atoms with Gasteiger partial charge in [-0.15, -0.1) is 0 Å². The lowest BCUT2D eigenvalue weighted by molar-refractivity contribution is -0.137. The van der Waals surface area contributed by atoms with Gasteiger partial charge in [0.25, 0.3) is 0 Å². The van der Waals surface area contributed by atoms with Crippen LogP contribution in [-0.4, -0.2) is 19.8 Å². The Morgan fingerprint density at radius 1 is 1.32 bits per heavy atom. The minimum atomic E-state index is -4.53. The Bertz CT molecular complexity index is 452. The van der Waals surface area contributed by atoms with E-state index in [1.54, 1.807) is 6.07 Å². The quantitative estimate of drug-likeness (QED) is 0.807. The SMILES string of the molecule is CCCOCCNc1ccc(C#N)c(C(F)(F)F)c1. The average molecular weight is 272 g/mol. The molecule has 1 N–H and O–H groups in total. The van der Waals surface area contributed by atoms with E-state index in [0.29, 0.717) is 25.4 Å². The van der Waals surface area contributed by atoms with Crippen LogP contribution in [0.5, 0.6) is 0 Å². The highest BCUT2D eigenvalue weighted by molar-refractivity contribution is 5.53. The highest BCUT2D eigenvalue weighted by Crippen LogP contribution is 2.33. The standard InChI is InChI=1S/C13H15F3N2O/c1-2-6-19-7-5-18-11-4-3-10(9-17)12(8-11)13(14,15)16/h3-4,8,18H,2,5-7H2,1H3. The minimum Gasteiger partial charge on any atom is -0.383 e. The molecule has 6 heteroatoms. The van der Waals surface area contributed by atoms with E-state index in [1.807, 2.05) is 6.92 Å². The van der Waals surface area contributed by atoms with Gasteiger partial charge in [-0.1, -0.05) is 6.92 Å². The fourth-order valence-corrected chi connectivity index (χ4v) is 1.50. The van der Waals surface area contributed by atoms with Crippen molar-refractivity contribution >= 4 is 5.69 Å². The van der Waals surface area contributed by atoms with Crippen LogP contribution in [0.25, 0.3) is 0 Å². The van der Waals surface area contributed by atoms with Crippen LogP contribution in [0, 0.1) is 11.3 Å². The first kappa shape index (κ1) is 15.3. The number of rotatable bonds is 6. The molecule has 0 atom stereocenters. The molecule has 0 saturated heterocycles. The summed E-state index contributed by atoms with van der Waals surface area (Å²) in [6.45, 7) is 3.45. The van der Waals surface area contributed by atoms with Crippen LogP contribution in [0.15, 0.2) is 18.2 Å². The third-order valence-corrected chi connectivity index (χ3v) is 2.37. The normalized spacial score (nSPS) is 11.1. The van der Waals surface area contributed by atoms with E-state index in [-0.39, 0.29) is 5.56 Å². The second-order valence-electron chi connectivity index (χ2n) is 3.91. The van der Waals surface area contributed by atoms with Gasteiger partial charge in [-0.05, 0) is 24.6 Å². The molecule has 19 heavy (non-hydrogen) atoms. The highest BCUT2D eigenvalue weighted by Gasteiger charge is 2.33. The summed E-state index contributed by atoms with van der Waals surface area (Å²) in [6.07, 6.45) is -3.63. The Balaban J connectivity index is 2.69. The fraction of sp³-hybridized carbons (Fsp3) is 0.462. The lowest BCUT2D eigenvalue weighted by Gasteiger charge is -2.12. The van der Waals surface area contributed by atoms with Crippen molar-refractivity contribution in [3.63, 3.8) is 0 Å². The van der Waals surface area contributed by atoms with Gasteiger partial charge in [0.15, 0.2) is 0 Å². The third-order valence-electron chi connectivity index (χ3n) is 2.37. The summed E-state index contributed by atoms with van der Waals surface area (Å²) in [6, 6.07) is 5.10. The maximum Gasteiger partial charge on any atom is 0.417 e. The van der Waals surface area contributed by atoms with Crippen molar-refractivity contribution in [2.75, 3.05) is 25.1 Å². The van der Waals surface area contributed by atoms with Crippen molar-refractivity contribution < 1.29 is 17.9 Å². The molecular weight excluding hydrogens is 257 g/mol. The number of benzene rings is 1. The molecule has 0 unspecified atom stereocenters. The zero-order valence-electron chi connectivity index (χ0n) is 10.5. The van der Waals surface area contributed by atoms with Crippen molar-refractivity contribution in [3.8, 4) is 6.07 Å². The van der Waals surface area contributed by atoms with Crippen LogP contribution >= 0.6 is 0 Å². The predicted octanol–water partition coefficient (Wildman–Crippen LogP) is 3.42. The molecular formula is C13H15F3N2O. The topological polar surface area (TPSA) is 45.0 Å². The molecule has 0 heterocycles. The van der Waals surface area contributed by atoms with Gasteiger partial charge in [0.2, 0.25) is 0 Å². The van der Waals surface area contributed by atoms with E-state index >= 15 is 0 Å². The molecule has 1 aromatic rings. The summed E-state index contributed by atoms with van der Waals surface area (Å²) < 4.78 is 43.3. The Morgan fingerprint density at radius 3 is 2.63 bits per heavy atom. The van der Waals surface area contributed by atoms with Gasteiger partial charge in [-0.25, -0.2) is 0 Å². The molecule has 0 aromatic heterocycles. The molecule has 0 radical (unpaired) electrons. The summed E-state index contributed by atoms with van der Waals surface area (Å²) in [5, 5.41) is 11.5.